The van der Waals surface area contributed by atoms with Gasteiger partial charge in [0.05, 0.1) is 17.4 Å². The van der Waals surface area contributed by atoms with E-state index >= 15 is 0 Å². The molecule has 0 aliphatic heterocycles. The maximum atomic E-state index is 11.0. The largest absolute Gasteiger partial charge is 0.496 e. The zero-order valence-corrected chi connectivity index (χ0v) is 14.3. The van der Waals surface area contributed by atoms with Crippen molar-refractivity contribution in [1.82, 2.24) is 9.97 Å². The fourth-order valence-electron chi connectivity index (χ4n) is 3.15. The molecule has 1 aliphatic carbocycles. The summed E-state index contributed by atoms with van der Waals surface area (Å²) in [6.07, 6.45) is 4.73. The van der Waals surface area contributed by atoms with Gasteiger partial charge in [0.15, 0.2) is 0 Å². The Morgan fingerprint density at radius 2 is 2.20 bits per heavy atom. The van der Waals surface area contributed by atoms with Crippen molar-refractivity contribution in [2.24, 2.45) is 0 Å². The fraction of sp³-hybridized carbons (Fsp3) is 0.294. The Morgan fingerprint density at radius 1 is 1.32 bits per heavy atom. The van der Waals surface area contributed by atoms with E-state index in [4.69, 9.17) is 9.47 Å². The molecule has 0 N–H and O–H groups in total. The Kier molecular flexibility index (Phi) is 3.96. The molecule has 25 heavy (non-hydrogen) atoms. The van der Waals surface area contributed by atoms with Crippen LogP contribution in [0.1, 0.15) is 22.4 Å². The van der Waals surface area contributed by atoms with Gasteiger partial charge in [-0.05, 0) is 30.9 Å². The number of fused-ring (bicyclic) bond motifs is 3. The molecule has 0 amide bonds. The normalized spacial score (nSPS) is 13.0. The Hall–Kier alpha value is -2.74. The van der Waals surface area contributed by atoms with E-state index in [1.54, 1.807) is 17.4 Å². The topological polar surface area (TPSA) is 87.4 Å². The summed E-state index contributed by atoms with van der Waals surface area (Å²) in [5, 5.41) is 12.0. The molecule has 4 rings (SSSR count). The summed E-state index contributed by atoms with van der Waals surface area (Å²) in [7, 11) is 1.53. The molecule has 7 nitrogen and oxygen atoms in total. The SMILES string of the molecule is COc1ccc([N+](=O)[O-])cc1COc1ncnc2sc3c(c12)CCC3. The first kappa shape index (κ1) is 15.8. The maximum Gasteiger partial charge on any atom is 0.270 e. The predicted octanol–water partition coefficient (Wildman–Crippen LogP) is 3.68. The van der Waals surface area contributed by atoms with E-state index in [1.165, 1.54) is 36.0 Å². The van der Waals surface area contributed by atoms with Crippen LogP contribution in [0, 0.1) is 10.1 Å². The highest BCUT2D eigenvalue weighted by Crippen LogP contribution is 2.40. The van der Waals surface area contributed by atoms with E-state index < -0.39 is 4.92 Å². The number of nitro groups is 1. The molecule has 0 bridgehead atoms. The van der Waals surface area contributed by atoms with E-state index in [9.17, 15) is 10.1 Å². The van der Waals surface area contributed by atoms with Crippen LogP contribution in [0.3, 0.4) is 0 Å². The number of nitro benzene ring substituents is 1. The molecule has 8 heteroatoms. The summed E-state index contributed by atoms with van der Waals surface area (Å²) >= 11 is 1.69. The molecule has 1 aromatic carbocycles. The van der Waals surface area contributed by atoms with Gasteiger partial charge in [-0.25, -0.2) is 9.97 Å². The minimum Gasteiger partial charge on any atom is -0.496 e. The number of hydrogen-bond donors (Lipinski definition) is 0. The zero-order valence-electron chi connectivity index (χ0n) is 13.5. The summed E-state index contributed by atoms with van der Waals surface area (Å²) in [4.78, 5) is 21.5. The lowest BCUT2D eigenvalue weighted by Crippen LogP contribution is -2.02. The van der Waals surface area contributed by atoms with Crippen molar-refractivity contribution in [3.05, 3.63) is 50.6 Å². The third-order valence-corrected chi connectivity index (χ3v) is 5.51. The first-order valence-electron chi connectivity index (χ1n) is 7.86. The number of nitrogens with zero attached hydrogens (tertiary/aromatic N) is 3. The van der Waals surface area contributed by atoms with Gasteiger partial charge >= 0.3 is 0 Å². The number of methoxy groups -OCH3 is 1. The van der Waals surface area contributed by atoms with Crippen LogP contribution in [0.15, 0.2) is 24.5 Å². The van der Waals surface area contributed by atoms with Gasteiger partial charge in [-0.2, -0.15) is 0 Å². The van der Waals surface area contributed by atoms with E-state index in [2.05, 4.69) is 9.97 Å². The zero-order chi connectivity index (χ0) is 17.4. The van der Waals surface area contributed by atoms with E-state index in [0.717, 1.165) is 29.5 Å². The van der Waals surface area contributed by atoms with Gasteiger partial charge in [-0.1, -0.05) is 0 Å². The van der Waals surface area contributed by atoms with Crippen molar-refractivity contribution >= 4 is 27.2 Å². The first-order chi connectivity index (χ1) is 12.2. The number of benzene rings is 1. The number of non-ortho nitro benzene ring substituents is 1. The highest BCUT2D eigenvalue weighted by molar-refractivity contribution is 7.18. The van der Waals surface area contributed by atoms with E-state index in [-0.39, 0.29) is 12.3 Å². The molecule has 0 saturated carbocycles. The molecule has 3 aromatic rings. The summed E-state index contributed by atoms with van der Waals surface area (Å²) in [5.74, 6) is 1.07. The molecule has 0 fully saturated rings. The first-order valence-corrected chi connectivity index (χ1v) is 8.68. The van der Waals surface area contributed by atoms with Crippen LogP contribution in [-0.2, 0) is 19.4 Å². The minimum absolute atomic E-state index is 0.00339. The Morgan fingerprint density at radius 3 is 3.00 bits per heavy atom. The van der Waals surface area contributed by atoms with Gasteiger partial charge in [-0.15, -0.1) is 11.3 Å². The fourth-order valence-corrected chi connectivity index (χ4v) is 4.37. The van der Waals surface area contributed by atoms with Crippen LogP contribution in [-0.4, -0.2) is 22.0 Å². The number of ether oxygens (including phenoxy) is 2. The Bertz CT molecular complexity index is 970. The monoisotopic (exact) mass is 357 g/mol. The van der Waals surface area contributed by atoms with Crippen LogP contribution in [0.2, 0.25) is 0 Å². The Labute approximate surface area is 147 Å². The van der Waals surface area contributed by atoms with Gasteiger partial charge in [0.25, 0.3) is 5.69 Å². The third kappa shape index (κ3) is 2.78. The van der Waals surface area contributed by atoms with Gasteiger partial charge in [0.1, 0.15) is 23.5 Å². The molecule has 2 heterocycles. The Balaban J connectivity index is 1.67. The van der Waals surface area contributed by atoms with Crippen LogP contribution in [0.5, 0.6) is 11.6 Å². The predicted molar refractivity (Wildman–Crippen MR) is 93.4 cm³/mol. The summed E-state index contributed by atoms with van der Waals surface area (Å²) in [6, 6.07) is 4.46. The number of rotatable bonds is 5. The number of aromatic nitrogens is 2. The quantitative estimate of drug-likeness (QED) is 0.511. The number of thiophene rings is 1. The summed E-state index contributed by atoms with van der Waals surface area (Å²) in [6.45, 7) is 0.140. The van der Waals surface area contributed by atoms with Gasteiger partial charge < -0.3 is 9.47 Å². The van der Waals surface area contributed by atoms with Crippen LogP contribution < -0.4 is 9.47 Å². The summed E-state index contributed by atoms with van der Waals surface area (Å²) in [5.41, 5.74) is 1.89. The van der Waals surface area contributed by atoms with Crippen molar-refractivity contribution in [3.63, 3.8) is 0 Å². The van der Waals surface area contributed by atoms with E-state index in [0.29, 0.717) is 17.2 Å². The molecular weight excluding hydrogens is 342 g/mol. The molecule has 0 spiro atoms. The maximum absolute atomic E-state index is 11.0. The minimum atomic E-state index is -0.433. The lowest BCUT2D eigenvalue weighted by atomic mass is 10.2. The highest BCUT2D eigenvalue weighted by atomic mass is 32.1. The molecule has 0 saturated heterocycles. The van der Waals surface area contributed by atoms with Crippen LogP contribution >= 0.6 is 11.3 Å². The second-order valence-corrected chi connectivity index (χ2v) is 6.84. The van der Waals surface area contributed by atoms with Gasteiger partial charge in [0, 0.05) is 22.6 Å². The standard InChI is InChI=1S/C17H15N3O4S/c1-23-13-6-5-11(20(21)22)7-10(13)8-24-16-15-12-3-2-4-14(12)25-17(15)19-9-18-16/h5-7,9H,2-4,8H2,1H3. The average Bonchev–Trinajstić information content (AvgIpc) is 3.20. The molecule has 0 atom stereocenters. The summed E-state index contributed by atoms with van der Waals surface area (Å²) < 4.78 is 11.2. The van der Waals surface area contributed by atoms with Gasteiger partial charge in [-0.3, -0.25) is 10.1 Å². The highest BCUT2D eigenvalue weighted by Gasteiger charge is 2.22. The molecule has 1 aliphatic rings. The van der Waals surface area contributed by atoms with Crippen molar-refractivity contribution in [1.29, 1.82) is 0 Å². The average molecular weight is 357 g/mol. The van der Waals surface area contributed by atoms with Crippen LogP contribution in [0.25, 0.3) is 10.2 Å². The molecule has 0 unspecified atom stereocenters. The molecule has 0 radical (unpaired) electrons. The number of aryl methyl sites for hydroxylation is 2. The smallest absolute Gasteiger partial charge is 0.270 e. The van der Waals surface area contributed by atoms with Gasteiger partial charge in [0.2, 0.25) is 5.88 Å². The molecule has 2 aromatic heterocycles. The van der Waals surface area contributed by atoms with Crippen LogP contribution in [0.4, 0.5) is 5.69 Å². The van der Waals surface area contributed by atoms with Crippen molar-refractivity contribution in [3.8, 4) is 11.6 Å². The molecular formula is C17H15N3O4S. The number of hydrogen-bond acceptors (Lipinski definition) is 7. The van der Waals surface area contributed by atoms with Crippen molar-refractivity contribution in [2.75, 3.05) is 7.11 Å². The second kappa shape index (κ2) is 6.29. The molecule has 128 valence electrons. The van der Waals surface area contributed by atoms with E-state index in [1.807, 2.05) is 0 Å². The lowest BCUT2D eigenvalue weighted by molar-refractivity contribution is -0.385. The van der Waals surface area contributed by atoms with Crippen molar-refractivity contribution < 1.29 is 14.4 Å². The third-order valence-electron chi connectivity index (χ3n) is 4.31. The lowest BCUT2D eigenvalue weighted by Gasteiger charge is -2.10. The second-order valence-electron chi connectivity index (χ2n) is 5.76. The van der Waals surface area contributed by atoms with Crippen molar-refractivity contribution in [2.45, 2.75) is 25.9 Å².